The molecule has 0 unspecified atom stereocenters. The van der Waals surface area contributed by atoms with Crippen molar-refractivity contribution in [3.8, 4) is 17.1 Å². The van der Waals surface area contributed by atoms with E-state index in [4.69, 9.17) is 9.26 Å². The lowest BCUT2D eigenvalue weighted by molar-refractivity contribution is 0.0722. The lowest BCUT2D eigenvalue weighted by Crippen LogP contribution is -2.09. The van der Waals surface area contributed by atoms with Crippen molar-refractivity contribution in [2.24, 2.45) is 0 Å². The van der Waals surface area contributed by atoms with Gasteiger partial charge in [0.2, 0.25) is 0 Å². The highest BCUT2D eigenvalue weighted by molar-refractivity contribution is 5.90. The summed E-state index contributed by atoms with van der Waals surface area (Å²) >= 11 is 0. The summed E-state index contributed by atoms with van der Waals surface area (Å²) in [4.78, 5) is 12.2. The molecular weight excluding hydrogens is 290 g/mol. The molecule has 0 spiro atoms. The molecule has 0 bridgehead atoms. The van der Waals surface area contributed by atoms with Crippen LogP contribution in [-0.4, -0.2) is 11.1 Å². The van der Waals surface area contributed by atoms with Gasteiger partial charge in [0, 0.05) is 11.6 Å². The molecule has 1 aromatic heterocycles. The Morgan fingerprint density at radius 3 is 2.52 bits per heavy atom. The highest BCUT2D eigenvalue weighted by Gasteiger charge is 2.17. The van der Waals surface area contributed by atoms with Crippen LogP contribution in [-0.2, 0) is 0 Å². The Balaban J connectivity index is 1.81. The summed E-state index contributed by atoms with van der Waals surface area (Å²) < 4.78 is 10.7. The molecule has 4 heteroatoms. The van der Waals surface area contributed by atoms with E-state index < -0.39 is 5.97 Å². The number of rotatable bonds is 3. The number of hydrogen-bond donors (Lipinski definition) is 0. The Labute approximate surface area is 134 Å². The molecule has 0 aliphatic rings. The summed E-state index contributed by atoms with van der Waals surface area (Å²) in [5, 5.41) is 3.81. The highest BCUT2D eigenvalue weighted by atomic mass is 16.5. The van der Waals surface area contributed by atoms with Crippen LogP contribution in [0, 0.1) is 20.8 Å². The van der Waals surface area contributed by atoms with Gasteiger partial charge in [-0.05, 0) is 38.0 Å². The Kier molecular flexibility index (Phi) is 3.98. The molecule has 23 heavy (non-hydrogen) atoms. The summed E-state index contributed by atoms with van der Waals surface area (Å²) in [6.07, 6.45) is 0. The molecule has 0 radical (unpaired) electrons. The summed E-state index contributed by atoms with van der Waals surface area (Å²) in [7, 11) is 0. The fourth-order valence-electron chi connectivity index (χ4n) is 2.21. The minimum atomic E-state index is -0.527. The molecule has 4 nitrogen and oxygen atoms in total. The van der Waals surface area contributed by atoms with E-state index in [-0.39, 0.29) is 5.69 Å². The van der Waals surface area contributed by atoms with E-state index in [2.05, 4.69) is 5.16 Å². The van der Waals surface area contributed by atoms with Crippen LogP contribution in [0.3, 0.4) is 0 Å². The molecule has 3 aromatic rings. The maximum atomic E-state index is 12.2. The third kappa shape index (κ3) is 3.16. The Morgan fingerprint density at radius 2 is 1.78 bits per heavy atom. The Morgan fingerprint density at radius 1 is 1.04 bits per heavy atom. The molecule has 0 saturated heterocycles. The quantitative estimate of drug-likeness (QED) is 0.528. The zero-order valence-electron chi connectivity index (χ0n) is 13.3. The number of carbonyl (C=O) groups excluding carboxylic acids is 1. The van der Waals surface area contributed by atoms with E-state index in [1.165, 1.54) is 0 Å². The van der Waals surface area contributed by atoms with Crippen LogP contribution in [0.15, 0.2) is 53.1 Å². The number of benzene rings is 2. The van der Waals surface area contributed by atoms with Gasteiger partial charge in [-0.2, -0.15) is 0 Å². The molecule has 0 fully saturated rings. The van der Waals surface area contributed by atoms with Crippen molar-refractivity contribution < 1.29 is 14.1 Å². The first-order valence-corrected chi connectivity index (χ1v) is 7.37. The van der Waals surface area contributed by atoms with Crippen molar-refractivity contribution in [1.82, 2.24) is 5.16 Å². The van der Waals surface area contributed by atoms with Gasteiger partial charge in [-0.25, -0.2) is 4.79 Å². The van der Waals surface area contributed by atoms with E-state index in [0.29, 0.717) is 11.5 Å². The van der Waals surface area contributed by atoms with Crippen LogP contribution in [0.4, 0.5) is 0 Å². The first-order chi connectivity index (χ1) is 11.0. The lowest BCUT2D eigenvalue weighted by atomic mass is 10.1. The van der Waals surface area contributed by atoms with Gasteiger partial charge in [0.1, 0.15) is 5.75 Å². The first kappa shape index (κ1) is 15.0. The summed E-state index contributed by atoms with van der Waals surface area (Å²) in [5.41, 5.74) is 4.18. The molecule has 0 saturated carbocycles. The van der Waals surface area contributed by atoms with E-state index in [0.717, 1.165) is 22.3 Å². The number of esters is 1. The third-order valence-electron chi connectivity index (χ3n) is 3.81. The third-order valence-corrected chi connectivity index (χ3v) is 3.81. The monoisotopic (exact) mass is 307 g/mol. The standard InChI is InChI=1S/C19H17NO3/c1-12-7-9-15(10-8-12)18-11-16(20-23-18)19(21)22-17-6-4-5-13(2)14(17)3/h4-11H,1-3H3. The van der Waals surface area contributed by atoms with E-state index in [9.17, 15) is 4.79 Å². The van der Waals surface area contributed by atoms with Crippen LogP contribution < -0.4 is 4.74 Å². The molecule has 116 valence electrons. The summed E-state index contributed by atoms with van der Waals surface area (Å²) in [6.45, 7) is 5.90. The maximum absolute atomic E-state index is 12.2. The number of ether oxygens (including phenoxy) is 1. The predicted octanol–water partition coefficient (Wildman–Crippen LogP) is 4.49. The molecule has 0 amide bonds. The van der Waals surface area contributed by atoms with Crippen LogP contribution in [0.1, 0.15) is 27.2 Å². The van der Waals surface area contributed by atoms with Crippen molar-refractivity contribution >= 4 is 5.97 Å². The van der Waals surface area contributed by atoms with E-state index in [1.807, 2.05) is 57.2 Å². The highest BCUT2D eigenvalue weighted by Crippen LogP contribution is 2.24. The van der Waals surface area contributed by atoms with Gasteiger partial charge in [-0.3, -0.25) is 0 Å². The van der Waals surface area contributed by atoms with Crippen LogP contribution in [0.2, 0.25) is 0 Å². The van der Waals surface area contributed by atoms with Crippen LogP contribution in [0.5, 0.6) is 5.75 Å². The molecule has 1 heterocycles. The second-order valence-corrected chi connectivity index (χ2v) is 5.53. The number of hydrogen-bond acceptors (Lipinski definition) is 4. The molecule has 0 N–H and O–H groups in total. The number of aryl methyl sites for hydroxylation is 2. The second-order valence-electron chi connectivity index (χ2n) is 5.53. The molecule has 0 atom stereocenters. The van der Waals surface area contributed by atoms with Crippen molar-refractivity contribution in [1.29, 1.82) is 0 Å². The summed E-state index contributed by atoms with van der Waals surface area (Å²) in [5.74, 6) is 0.550. The molecule has 2 aromatic carbocycles. The molecule has 0 aliphatic heterocycles. The van der Waals surface area contributed by atoms with Gasteiger partial charge >= 0.3 is 5.97 Å². The molecular formula is C19H17NO3. The lowest BCUT2D eigenvalue weighted by Gasteiger charge is -2.07. The molecule has 3 rings (SSSR count). The van der Waals surface area contributed by atoms with E-state index in [1.54, 1.807) is 12.1 Å². The minimum absolute atomic E-state index is 0.154. The van der Waals surface area contributed by atoms with Gasteiger partial charge in [0.15, 0.2) is 11.5 Å². The minimum Gasteiger partial charge on any atom is -0.421 e. The van der Waals surface area contributed by atoms with Crippen molar-refractivity contribution in [3.63, 3.8) is 0 Å². The first-order valence-electron chi connectivity index (χ1n) is 7.37. The average molecular weight is 307 g/mol. The van der Waals surface area contributed by atoms with Gasteiger partial charge in [0.05, 0.1) is 0 Å². The topological polar surface area (TPSA) is 52.3 Å². The van der Waals surface area contributed by atoms with Gasteiger partial charge in [-0.15, -0.1) is 0 Å². The maximum Gasteiger partial charge on any atom is 0.365 e. The van der Waals surface area contributed by atoms with Gasteiger partial charge in [-0.1, -0.05) is 47.1 Å². The zero-order valence-corrected chi connectivity index (χ0v) is 13.3. The second kappa shape index (κ2) is 6.08. The normalized spacial score (nSPS) is 10.6. The van der Waals surface area contributed by atoms with Crippen LogP contribution >= 0.6 is 0 Å². The smallest absolute Gasteiger partial charge is 0.365 e. The predicted molar refractivity (Wildman–Crippen MR) is 87.6 cm³/mol. The van der Waals surface area contributed by atoms with Gasteiger partial charge in [0.25, 0.3) is 0 Å². The van der Waals surface area contributed by atoms with Crippen molar-refractivity contribution in [2.45, 2.75) is 20.8 Å². The zero-order chi connectivity index (χ0) is 16.4. The van der Waals surface area contributed by atoms with Crippen LogP contribution in [0.25, 0.3) is 11.3 Å². The summed E-state index contributed by atoms with van der Waals surface area (Å²) in [6, 6.07) is 15.0. The fraction of sp³-hybridized carbons (Fsp3) is 0.158. The van der Waals surface area contributed by atoms with Crippen molar-refractivity contribution in [2.75, 3.05) is 0 Å². The fourth-order valence-corrected chi connectivity index (χ4v) is 2.21. The SMILES string of the molecule is Cc1ccc(-c2cc(C(=O)Oc3cccc(C)c3C)no2)cc1. The largest absolute Gasteiger partial charge is 0.421 e. The van der Waals surface area contributed by atoms with E-state index >= 15 is 0 Å². The average Bonchev–Trinajstić information content (AvgIpc) is 3.02. The number of carbonyl (C=O) groups is 1. The Hall–Kier alpha value is -2.88. The Bertz CT molecular complexity index is 847. The number of nitrogens with zero attached hydrogens (tertiary/aromatic N) is 1. The van der Waals surface area contributed by atoms with Crippen molar-refractivity contribution in [3.05, 3.63) is 70.9 Å². The molecule has 0 aliphatic carbocycles. The van der Waals surface area contributed by atoms with Gasteiger partial charge < -0.3 is 9.26 Å². The number of aromatic nitrogens is 1.